The molecule has 0 spiro atoms. The van der Waals surface area contributed by atoms with Gasteiger partial charge in [0.15, 0.2) is 0 Å². The van der Waals surface area contributed by atoms with E-state index in [1.54, 1.807) is 7.11 Å². The molecule has 0 heterocycles. The minimum Gasteiger partial charge on any atom is -0.497 e. The highest BCUT2D eigenvalue weighted by Crippen LogP contribution is 2.42. The molecule has 0 aliphatic heterocycles. The van der Waals surface area contributed by atoms with E-state index in [2.05, 4.69) is 4.74 Å². The Morgan fingerprint density at radius 2 is 1.83 bits per heavy atom. The SMILES string of the molecule is COc1ccc(C2(C(=O)OC=O)CCCC2)cc1. The van der Waals surface area contributed by atoms with Crippen LogP contribution in [0.25, 0.3) is 0 Å². The number of carbonyl (C=O) groups excluding carboxylic acids is 2. The summed E-state index contributed by atoms with van der Waals surface area (Å²) in [5, 5.41) is 0. The van der Waals surface area contributed by atoms with Gasteiger partial charge in [0.1, 0.15) is 5.75 Å². The van der Waals surface area contributed by atoms with E-state index in [0.29, 0.717) is 0 Å². The van der Waals surface area contributed by atoms with Crippen LogP contribution < -0.4 is 4.74 Å². The predicted molar refractivity (Wildman–Crippen MR) is 65.3 cm³/mol. The molecule has 1 saturated carbocycles. The molecule has 0 aromatic heterocycles. The summed E-state index contributed by atoms with van der Waals surface area (Å²) in [6.45, 7) is 0.214. The minimum absolute atomic E-state index is 0.214. The van der Waals surface area contributed by atoms with Crippen molar-refractivity contribution in [3.63, 3.8) is 0 Å². The van der Waals surface area contributed by atoms with Gasteiger partial charge < -0.3 is 9.47 Å². The Labute approximate surface area is 106 Å². The van der Waals surface area contributed by atoms with Gasteiger partial charge in [0, 0.05) is 0 Å². The van der Waals surface area contributed by atoms with Crippen LogP contribution in [0, 0.1) is 0 Å². The summed E-state index contributed by atoms with van der Waals surface area (Å²) >= 11 is 0. The molecular weight excluding hydrogens is 232 g/mol. The normalized spacial score (nSPS) is 17.2. The summed E-state index contributed by atoms with van der Waals surface area (Å²) < 4.78 is 9.69. The molecule has 0 amide bonds. The zero-order valence-corrected chi connectivity index (χ0v) is 10.3. The summed E-state index contributed by atoms with van der Waals surface area (Å²) in [5.41, 5.74) is 0.236. The molecule has 4 nitrogen and oxygen atoms in total. The van der Waals surface area contributed by atoms with Crippen LogP contribution in [0.4, 0.5) is 0 Å². The molecule has 1 aliphatic carbocycles. The summed E-state index contributed by atoms with van der Waals surface area (Å²) in [7, 11) is 1.60. The zero-order valence-electron chi connectivity index (χ0n) is 10.3. The van der Waals surface area contributed by atoms with Crippen LogP contribution in [0.1, 0.15) is 31.2 Å². The van der Waals surface area contributed by atoms with Crippen LogP contribution in [-0.2, 0) is 19.7 Å². The molecule has 2 rings (SSSR count). The van der Waals surface area contributed by atoms with Gasteiger partial charge in [0.2, 0.25) is 0 Å². The lowest BCUT2D eigenvalue weighted by Gasteiger charge is -2.25. The second-order valence-electron chi connectivity index (χ2n) is 4.52. The van der Waals surface area contributed by atoms with Crippen molar-refractivity contribution in [2.75, 3.05) is 7.11 Å². The highest BCUT2D eigenvalue weighted by atomic mass is 16.6. The first-order valence-corrected chi connectivity index (χ1v) is 6.02. The topological polar surface area (TPSA) is 52.6 Å². The Bertz CT molecular complexity index is 430. The molecule has 18 heavy (non-hydrogen) atoms. The Morgan fingerprint density at radius 3 is 2.33 bits per heavy atom. The third-order valence-corrected chi connectivity index (χ3v) is 3.65. The van der Waals surface area contributed by atoms with Crippen LogP contribution in [0.5, 0.6) is 5.75 Å². The summed E-state index contributed by atoms with van der Waals surface area (Å²) in [5.74, 6) is 0.302. The summed E-state index contributed by atoms with van der Waals surface area (Å²) in [6, 6.07) is 7.39. The van der Waals surface area contributed by atoms with Gasteiger partial charge in [-0.15, -0.1) is 0 Å². The van der Waals surface area contributed by atoms with Crippen molar-refractivity contribution in [2.45, 2.75) is 31.1 Å². The number of benzene rings is 1. The number of esters is 1. The van der Waals surface area contributed by atoms with Crippen molar-refractivity contribution in [1.29, 1.82) is 0 Å². The largest absolute Gasteiger partial charge is 0.497 e. The number of methoxy groups -OCH3 is 1. The Hall–Kier alpha value is -1.84. The molecule has 1 fully saturated rings. The first-order valence-electron chi connectivity index (χ1n) is 6.02. The Morgan fingerprint density at radius 1 is 1.22 bits per heavy atom. The summed E-state index contributed by atoms with van der Waals surface area (Å²) in [6.07, 6.45) is 3.40. The van der Waals surface area contributed by atoms with E-state index >= 15 is 0 Å². The Balaban J connectivity index is 2.34. The molecule has 0 bridgehead atoms. The molecule has 96 valence electrons. The highest BCUT2D eigenvalue weighted by Gasteiger charge is 2.44. The first kappa shape index (κ1) is 12.6. The molecular formula is C14H16O4. The average Bonchev–Trinajstić information content (AvgIpc) is 2.90. The number of carbonyl (C=O) groups is 2. The summed E-state index contributed by atoms with van der Waals surface area (Å²) in [4.78, 5) is 22.4. The van der Waals surface area contributed by atoms with E-state index < -0.39 is 11.4 Å². The third-order valence-electron chi connectivity index (χ3n) is 3.65. The zero-order chi connectivity index (χ0) is 13.0. The van der Waals surface area contributed by atoms with Crippen molar-refractivity contribution in [3.05, 3.63) is 29.8 Å². The lowest BCUT2D eigenvalue weighted by molar-refractivity contribution is -0.156. The molecule has 1 aliphatic rings. The molecule has 4 heteroatoms. The van der Waals surface area contributed by atoms with E-state index in [4.69, 9.17) is 4.74 Å². The average molecular weight is 248 g/mol. The molecule has 0 unspecified atom stereocenters. The fraction of sp³-hybridized carbons (Fsp3) is 0.429. The Kier molecular flexibility index (Phi) is 3.65. The standard InChI is InChI=1S/C14H16O4/c1-17-12-6-4-11(5-7-12)14(8-2-3-9-14)13(16)18-10-15/h4-7,10H,2-3,8-9H2,1H3. The van der Waals surface area contributed by atoms with E-state index in [1.165, 1.54) is 0 Å². The van der Waals surface area contributed by atoms with Gasteiger partial charge in [-0.05, 0) is 30.5 Å². The fourth-order valence-corrected chi connectivity index (χ4v) is 2.66. The third kappa shape index (κ3) is 2.10. The van der Waals surface area contributed by atoms with Gasteiger partial charge in [-0.25, -0.2) is 0 Å². The lowest BCUT2D eigenvalue weighted by atomic mass is 9.79. The van der Waals surface area contributed by atoms with E-state index in [-0.39, 0.29) is 6.47 Å². The molecule has 0 radical (unpaired) electrons. The number of ether oxygens (including phenoxy) is 2. The monoisotopic (exact) mass is 248 g/mol. The maximum Gasteiger partial charge on any atom is 0.324 e. The minimum atomic E-state index is -0.660. The van der Waals surface area contributed by atoms with E-state index in [0.717, 1.165) is 37.0 Å². The van der Waals surface area contributed by atoms with Crippen molar-refractivity contribution in [2.24, 2.45) is 0 Å². The smallest absolute Gasteiger partial charge is 0.324 e. The van der Waals surface area contributed by atoms with Crippen LogP contribution >= 0.6 is 0 Å². The number of rotatable bonds is 4. The van der Waals surface area contributed by atoms with E-state index in [9.17, 15) is 9.59 Å². The van der Waals surface area contributed by atoms with Gasteiger partial charge in [-0.3, -0.25) is 9.59 Å². The van der Waals surface area contributed by atoms with Crippen molar-refractivity contribution >= 4 is 12.4 Å². The van der Waals surface area contributed by atoms with Crippen molar-refractivity contribution < 1.29 is 19.1 Å². The maximum atomic E-state index is 12.0. The quantitative estimate of drug-likeness (QED) is 0.465. The van der Waals surface area contributed by atoms with Crippen LogP contribution in [0.15, 0.2) is 24.3 Å². The fourth-order valence-electron chi connectivity index (χ4n) is 2.66. The molecule has 0 atom stereocenters. The van der Waals surface area contributed by atoms with Gasteiger partial charge in [0.05, 0.1) is 12.5 Å². The van der Waals surface area contributed by atoms with Crippen LogP contribution in [0.2, 0.25) is 0 Å². The maximum absolute atomic E-state index is 12.0. The second kappa shape index (κ2) is 5.21. The van der Waals surface area contributed by atoms with Crippen molar-refractivity contribution in [1.82, 2.24) is 0 Å². The van der Waals surface area contributed by atoms with E-state index in [1.807, 2.05) is 24.3 Å². The van der Waals surface area contributed by atoms with Crippen LogP contribution in [-0.4, -0.2) is 19.6 Å². The van der Waals surface area contributed by atoms with Gasteiger partial charge in [-0.1, -0.05) is 25.0 Å². The second-order valence-corrected chi connectivity index (χ2v) is 4.52. The van der Waals surface area contributed by atoms with Gasteiger partial charge in [-0.2, -0.15) is 0 Å². The molecule has 0 saturated heterocycles. The highest BCUT2D eigenvalue weighted by molar-refractivity contribution is 5.87. The molecule has 1 aromatic rings. The first-order chi connectivity index (χ1) is 8.73. The predicted octanol–water partition coefficient (Wildman–Crippen LogP) is 2.21. The lowest BCUT2D eigenvalue weighted by Crippen LogP contribution is -2.34. The number of hydrogen-bond acceptors (Lipinski definition) is 4. The molecule has 1 aromatic carbocycles. The van der Waals surface area contributed by atoms with Crippen molar-refractivity contribution in [3.8, 4) is 5.75 Å². The van der Waals surface area contributed by atoms with Gasteiger partial charge >= 0.3 is 12.4 Å². The van der Waals surface area contributed by atoms with Crippen LogP contribution in [0.3, 0.4) is 0 Å². The number of hydrogen-bond donors (Lipinski definition) is 0. The van der Waals surface area contributed by atoms with Gasteiger partial charge in [0.25, 0.3) is 0 Å². The molecule has 0 N–H and O–H groups in total.